The second kappa shape index (κ2) is 4.52. The Balaban J connectivity index is 1.90. The third-order valence-corrected chi connectivity index (χ3v) is 2.94. The van der Waals surface area contributed by atoms with Gasteiger partial charge in [-0.25, -0.2) is 9.97 Å². The highest BCUT2D eigenvalue weighted by molar-refractivity contribution is 5.77. The van der Waals surface area contributed by atoms with Crippen LogP contribution in [0.5, 0.6) is 0 Å². The molecule has 1 saturated heterocycles. The van der Waals surface area contributed by atoms with E-state index in [4.69, 9.17) is 0 Å². The van der Waals surface area contributed by atoms with E-state index in [-0.39, 0.29) is 0 Å². The van der Waals surface area contributed by atoms with Crippen LogP contribution in [0.2, 0.25) is 0 Å². The molecule has 1 aromatic carbocycles. The number of nitrogens with zero attached hydrogens (tertiary/aromatic N) is 2. The van der Waals surface area contributed by atoms with Crippen molar-refractivity contribution in [2.24, 2.45) is 5.92 Å². The molecule has 0 spiro atoms. The van der Waals surface area contributed by atoms with E-state index in [0.29, 0.717) is 11.7 Å². The first-order valence-electron chi connectivity index (χ1n) is 5.86. The van der Waals surface area contributed by atoms with Gasteiger partial charge in [-0.05, 0) is 25.0 Å². The zero-order valence-corrected chi connectivity index (χ0v) is 9.48. The molecule has 0 amide bonds. The van der Waals surface area contributed by atoms with E-state index in [1.165, 1.54) is 0 Å². The molecule has 0 aliphatic carbocycles. The van der Waals surface area contributed by atoms with Crippen molar-refractivity contribution in [3.05, 3.63) is 36.3 Å². The number of rotatable bonds is 0. The largest absolute Gasteiger partial charge is 0.315 e. The van der Waals surface area contributed by atoms with Gasteiger partial charge >= 0.3 is 0 Å². The molecule has 2 aromatic rings. The Labute approximate surface area is 100 Å². The third-order valence-electron chi connectivity index (χ3n) is 2.94. The second-order valence-electron chi connectivity index (χ2n) is 4.21. The summed E-state index contributed by atoms with van der Waals surface area (Å²) in [6.45, 7) is 2.05. The van der Waals surface area contributed by atoms with Gasteiger partial charge in [0, 0.05) is 24.0 Å². The first-order chi connectivity index (χ1) is 8.42. The predicted octanol–water partition coefficient (Wildman–Crippen LogP) is 1.59. The third kappa shape index (κ3) is 2.27. The lowest BCUT2D eigenvalue weighted by molar-refractivity contribution is 0.755. The summed E-state index contributed by atoms with van der Waals surface area (Å²) >= 11 is 0. The summed E-state index contributed by atoms with van der Waals surface area (Å²) in [5.74, 6) is 7.36. The van der Waals surface area contributed by atoms with Gasteiger partial charge in [-0.1, -0.05) is 24.1 Å². The fourth-order valence-corrected chi connectivity index (χ4v) is 1.98. The van der Waals surface area contributed by atoms with E-state index in [1.807, 2.05) is 30.5 Å². The normalized spacial score (nSPS) is 18.9. The summed E-state index contributed by atoms with van der Waals surface area (Å²) in [7, 11) is 0. The number of para-hydroxylation sites is 1. The van der Waals surface area contributed by atoms with Gasteiger partial charge in [0.25, 0.3) is 0 Å². The fourth-order valence-electron chi connectivity index (χ4n) is 1.98. The Morgan fingerprint density at radius 3 is 3.12 bits per heavy atom. The molecule has 1 unspecified atom stereocenters. The van der Waals surface area contributed by atoms with Crippen LogP contribution in [0.25, 0.3) is 10.9 Å². The van der Waals surface area contributed by atoms with E-state index in [1.54, 1.807) is 0 Å². The molecule has 1 aliphatic heterocycles. The van der Waals surface area contributed by atoms with Gasteiger partial charge in [0.2, 0.25) is 5.82 Å². The summed E-state index contributed by atoms with van der Waals surface area (Å²) < 4.78 is 0. The molecule has 0 bridgehead atoms. The molecule has 1 atom stereocenters. The molecule has 2 heterocycles. The standard InChI is InChI=1S/C14H13N3/c1-2-4-13-12(3-1)10-16-14(17-13)6-5-11-7-8-15-9-11/h1-4,10-11,15H,7-9H2. The average Bonchev–Trinajstić information content (AvgIpc) is 2.89. The lowest BCUT2D eigenvalue weighted by Crippen LogP contribution is -2.07. The van der Waals surface area contributed by atoms with Crippen molar-refractivity contribution in [2.75, 3.05) is 13.1 Å². The Kier molecular flexibility index (Phi) is 2.73. The van der Waals surface area contributed by atoms with Crippen molar-refractivity contribution in [3.63, 3.8) is 0 Å². The first kappa shape index (κ1) is 10.2. The van der Waals surface area contributed by atoms with Gasteiger partial charge in [0.1, 0.15) is 0 Å². The maximum absolute atomic E-state index is 4.43. The number of benzene rings is 1. The monoisotopic (exact) mass is 223 g/mol. The van der Waals surface area contributed by atoms with E-state index < -0.39 is 0 Å². The zero-order chi connectivity index (χ0) is 11.5. The van der Waals surface area contributed by atoms with Crippen molar-refractivity contribution in [2.45, 2.75) is 6.42 Å². The minimum absolute atomic E-state index is 0.449. The summed E-state index contributed by atoms with van der Waals surface area (Å²) in [6.07, 6.45) is 2.96. The number of hydrogen-bond acceptors (Lipinski definition) is 3. The molecule has 17 heavy (non-hydrogen) atoms. The summed E-state index contributed by atoms with van der Waals surface area (Å²) in [5.41, 5.74) is 0.955. The minimum Gasteiger partial charge on any atom is -0.315 e. The Bertz CT molecular complexity index is 589. The van der Waals surface area contributed by atoms with Crippen LogP contribution >= 0.6 is 0 Å². The van der Waals surface area contributed by atoms with Crippen LogP contribution in [0, 0.1) is 17.8 Å². The lowest BCUT2D eigenvalue weighted by atomic mass is 10.1. The van der Waals surface area contributed by atoms with Gasteiger partial charge in [-0.3, -0.25) is 0 Å². The van der Waals surface area contributed by atoms with Crippen molar-refractivity contribution in [1.82, 2.24) is 15.3 Å². The SMILES string of the molecule is C(#CC1CCNC1)c1ncc2ccccc2n1. The quantitative estimate of drug-likeness (QED) is 0.689. The Morgan fingerprint density at radius 1 is 1.29 bits per heavy atom. The molecule has 0 saturated carbocycles. The second-order valence-corrected chi connectivity index (χ2v) is 4.21. The summed E-state index contributed by atoms with van der Waals surface area (Å²) in [4.78, 5) is 8.69. The van der Waals surface area contributed by atoms with Crippen LogP contribution < -0.4 is 5.32 Å². The maximum atomic E-state index is 4.43. The molecule has 0 radical (unpaired) electrons. The van der Waals surface area contributed by atoms with Gasteiger partial charge < -0.3 is 5.32 Å². The maximum Gasteiger partial charge on any atom is 0.205 e. The lowest BCUT2D eigenvalue weighted by Gasteiger charge is -1.97. The zero-order valence-electron chi connectivity index (χ0n) is 9.48. The van der Waals surface area contributed by atoms with Crippen molar-refractivity contribution in [3.8, 4) is 11.8 Å². The number of aromatic nitrogens is 2. The van der Waals surface area contributed by atoms with Crippen molar-refractivity contribution in [1.29, 1.82) is 0 Å². The van der Waals surface area contributed by atoms with Gasteiger partial charge in [0.15, 0.2) is 0 Å². The van der Waals surface area contributed by atoms with Crippen LogP contribution in [0.15, 0.2) is 30.5 Å². The smallest absolute Gasteiger partial charge is 0.205 e. The topological polar surface area (TPSA) is 37.8 Å². The molecule has 84 valence electrons. The molecule has 1 N–H and O–H groups in total. The van der Waals surface area contributed by atoms with Gasteiger partial charge in [-0.15, -0.1) is 0 Å². The van der Waals surface area contributed by atoms with Crippen molar-refractivity contribution >= 4 is 10.9 Å². The predicted molar refractivity (Wildman–Crippen MR) is 67.4 cm³/mol. The van der Waals surface area contributed by atoms with Gasteiger partial charge in [-0.2, -0.15) is 0 Å². The molecule has 1 fully saturated rings. The molecular formula is C14H13N3. The van der Waals surface area contributed by atoms with E-state index in [9.17, 15) is 0 Å². The van der Waals surface area contributed by atoms with E-state index in [2.05, 4.69) is 27.1 Å². The summed E-state index contributed by atoms with van der Waals surface area (Å²) in [5, 5.41) is 4.35. The highest BCUT2D eigenvalue weighted by Gasteiger charge is 2.10. The Hall–Kier alpha value is -1.92. The molecule has 3 nitrogen and oxygen atoms in total. The molecule has 1 aliphatic rings. The van der Waals surface area contributed by atoms with Crippen molar-refractivity contribution < 1.29 is 0 Å². The van der Waals surface area contributed by atoms with Crippen LogP contribution in [0.1, 0.15) is 12.2 Å². The highest BCUT2D eigenvalue weighted by atomic mass is 14.9. The van der Waals surface area contributed by atoms with Crippen LogP contribution in [0.4, 0.5) is 0 Å². The number of fused-ring (bicyclic) bond motifs is 1. The minimum atomic E-state index is 0.449. The fraction of sp³-hybridized carbons (Fsp3) is 0.286. The Morgan fingerprint density at radius 2 is 2.24 bits per heavy atom. The van der Waals surface area contributed by atoms with E-state index >= 15 is 0 Å². The molecule has 3 rings (SSSR count). The van der Waals surface area contributed by atoms with Crippen LogP contribution in [-0.2, 0) is 0 Å². The number of hydrogen-bond donors (Lipinski definition) is 1. The van der Waals surface area contributed by atoms with E-state index in [0.717, 1.165) is 30.4 Å². The molecule has 1 aromatic heterocycles. The van der Waals surface area contributed by atoms with Crippen LogP contribution in [-0.4, -0.2) is 23.1 Å². The molecule has 3 heteroatoms. The average molecular weight is 223 g/mol. The number of nitrogens with one attached hydrogen (secondary N) is 1. The highest BCUT2D eigenvalue weighted by Crippen LogP contribution is 2.09. The molecular weight excluding hydrogens is 210 g/mol. The summed E-state index contributed by atoms with van der Waals surface area (Å²) in [6, 6.07) is 7.96. The van der Waals surface area contributed by atoms with Gasteiger partial charge in [0.05, 0.1) is 5.52 Å². The van der Waals surface area contributed by atoms with Crippen LogP contribution in [0.3, 0.4) is 0 Å². The first-order valence-corrected chi connectivity index (χ1v) is 5.86.